The Morgan fingerprint density at radius 3 is 2.31 bits per heavy atom. The molecule has 0 bridgehead atoms. The molecule has 0 atom stereocenters. The molecule has 0 spiro atoms. The minimum Gasteiger partial charge on any atom is -0.480 e. The number of carboxylic acid groups (broad SMARTS) is 1. The number of nitrogens with one attached hydrogen (secondary N) is 2. The average Bonchev–Trinajstić information content (AvgIpc) is 3.39. The number of carbonyl (C=O) groups is 3. The molecule has 1 aliphatic rings. The Morgan fingerprint density at radius 2 is 1.66 bits per heavy atom. The van der Waals surface area contributed by atoms with Crippen LogP contribution in [0.5, 0.6) is 0 Å². The Balaban J connectivity index is 1.26. The summed E-state index contributed by atoms with van der Waals surface area (Å²) in [5.74, 6) is -1.67. The largest absolute Gasteiger partial charge is 0.480 e. The molecule has 164 valence electrons. The number of benzene rings is 2. The van der Waals surface area contributed by atoms with E-state index in [0.29, 0.717) is 18.0 Å². The van der Waals surface area contributed by atoms with Gasteiger partial charge in [-0.3, -0.25) is 9.59 Å². The topological polar surface area (TPSA) is 118 Å². The molecule has 8 nitrogen and oxygen atoms in total. The molecule has 2 aromatic carbocycles. The van der Waals surface area contributed by atoms with Gasteiger partial charge >= 0.3 is 12.1 Å². The number of thiazole rings is 1. The van der Waals surface area contributed by atoms with Crippen molar-refractivity contribution in [2.24, 2.45) is 0 Å². The first-order valence-corrected chi connectivity index (χ1v) is 10.9. The first kappa shape index (κ1) is 21.5. The maximum absolute atomic E-state index is 12.2. The average molecular weight is 452 g/mol. The van der Waals surface area contributed by atoms with E-state index in [1.807, 2.05) is 24.3 Å². The summed E-state index contributed by atoms with van der Waals surface area (Å²) in [7, 11) is 0. The Kier molecular flexibility index (Phi) is 6.46. The fraction of sp³-hybridized carbons (Fsp3) is 0.217. The van der Waals surface area contributed by atoms with Crippen LogP contribution in [0.4, 0.5) is 4.79 Å². The van der Waals surface area contributed by atoms with Crippen LogP contribution in [0, 0.1) is 0 Å². The second-order valence-corrected chi connectivity index (χ2v) is 8.15. The molecule has 0 saturated heterocycles. The van der Waals surface area contributed by atoms with Crippen LogP contribution in [-0.2, 0) is 16.0 Å². The minimum atomic E-state index is -1.12. The van der Waals surface area contributed by atoms with E-state index in [1.165, 1.54) is 22.5 Å². The molecule has 2 amide bonds. The lowest BCUT2D eigenvalue weighted by Gasteiger charge is -2.14. The molecule has 0 fully saturated rings. The summed E-state index contributed by atoms with van der Waals surface area (Å²) < 4.78 is 5.49. The van der Waals surface area contributed by atoms with E-state index >= 15 is 0 Å². The van der Waals surface area contributed by atoms with Crippen LogP contribution in [0.25, 0.3) is 11.1 Å². The number of carboxylic acids is 1. The number of hydrogen-bond donors (Lipinski definition) is 3. The third-order valence-corrected chi connectivity index (χ3v) is 6.05. The van der Waals surface area contributed by atoms with Crippen LogP contribution in [0.3, 0.4) is 0 Å². The van der Waals surface area contributed by atoms with Crippen LogP contribution in [0.2, 0.25) is 0 Å². The molecule has 1 aromatic heterocycles. The van der Waals surface area contributed by atoms with Crippen molar-refractivity contribution >= 4 is 29.3 Å². The van der Waals surface area contributed by atoms with E-state index in [9.17, 15) is 14.4 Å². The van der Waals surface area contributed by atoms with Crippen molar-refractivity contribution in [3.8, 4) is 11.1 Å². The SMILES string of the molecule is O=C(O)CNC(=O)c1csc(CCNC(=O)OCC2c3ccccc3-c3ccccc32)n1. The maximum atomic E-state index is 12.2. The zero-order valence-corrected chi connectivity index (χ0v) is 17.9. The predicted octanol–water partition coefficient (Wildman–Crippen LogP) is 3.04. The second kappa shape index (κ2) is 9.61. The molecule has 0 saturated carbocycles. The van der Waals surface area contributed by atoms with Gasteiger partial charge in [-0.25, -0.2) is 9.78 Å². The fourth-order valence-electron chi connectivity index (χ4n) is 3.70. The standard InChI is InChI=1S/C23H21N3O5S/c27-21(28)11-25-22(29)19-13-32-20(26-19)9-10-24-23(30)31-12-18-16-7-3-1-5-14(16)15-6-2-4-8-17(15)18/h1-8,13,18H,9-12H2,(H,24,30)(H,25,29)(H,27,28). The van der Waals surface area contributed by atoms with Crippen molar-refractivity contribution in [2.75, 3.05) is 19.7 Å². The summed E-state index contributed by atoms with van der Waals surface area (Å²) in [6.07, 6.45) is -0.0796. The number of alkyl carbamates (subject to hydrolysis) is 1. The molecule has 1 aliphatic carbocycles. The predicted molar refractivity (Wildman–Crippen MR) is 119 cm³/mol. The third-order valence-electron chi connectivity index (χ3n) is 5.14. The van der Waals surface area contributed by atoms with Crippen LogP contribution < -0.4 is 10.6 Å². The van der Waals surface area contributed by atoms with E-state index in [4.69, 9.17) is 9.84 Å². The number of fused-ring (bicyclic) bond motifs is 3. The van der Waals surface area contributed by atoms with Gasteiger partial charge in [0.25, 0.3) is 5.91 Å². The van der Waals surface area contributed by atoms with Crippen molar-refractivity contribution in [3.63, 3.8) is 0 Å². The molecule has 32 heavy (non-hydrogen) atoms. The number of nitrogens with zero attached hydrogens (tertiary/aromatic N) is 1. The van der Waals surface area contributed by atoms with Gasteiger partial charge in [0, 0.05) is 24.3 Å². The van der Waals surface area contributed by atoms with Crippen molar-refractivity contribution in [1.82, 2.24) is 15.6 Å². The molecule has 0 aliphatic heterocycles. The van der Waals surface area contributed by atoms with E-state index in [1.54, 1.807) is 5.38 Å². The molecule has 0 unspecified atom stereocenters. The normalized spacial score (nSPS) is 12.0. The van der Waals surface area contributed by atoms with Crippen molar-refractivity contribution in [2.45, 2.75) is 12.3 Å². The van der Waals surface area contributed by atoms with Crippen LogP contribution in [0.15, 0.2) is 53.9 Å². The number of carbonyl (C=O) groups excluding carboxylic acids is 2. The van der Waals surface area contributed by atoms with Crippen LogP contribution >= 0.6 is 11.3 Å². The molecular formula is C23H21N3O5S. The van der Waals surface area contributed by atoms with Gasteiger partial charge in [-0.2, -0.15) is 0 Å². The van der Waals surface area contributed by atoms with Gasteiger partial charge in [-0.05, 0) is 22.3 Å². The molecule has 0 radical (unpaired) electrons. The van der Waals surface area contributed by atoms with E-state index in [-0.39, 0.29) is 18.2 Å². The maximum Gasteiger partial charge on any atom is 0.407 e. The van der Waals surface area contributed by atoms with E-state index in [0.717, 1.165) is 11.1 Å². The number of ether oxygens (including phenoxy) is 1. The van der Waals surface area contributed by atoms with E-state index in [2.05, 4.69) is 39.9 Å². The number of aromatic nitrogens is 1. The molecule has 1 heterocycles. The Labute approximate surface area is 188 Å². The van der Waals surface area contributed by atoms with Gasteiger partial charge in [-0.15, -0.1) is 11.3 Å². The number of hydrogen-bond acceptors (Lipinski definition) is 6. The second-order valence-electron chi connectivity index (χ2n) is 7.21. The smallest absolute Gasteiger partial charge is 0.407 e. The zero-order valence-electron chi connectivity index (χ0n) is 17.0. The van der Waals surface area contributed by atoms with Crippen LogP contribution in [-0.4, -0.2) is 47.8 Å². The van der Waals surface area contributed by atoms with Gasteiger partial charge in [0.15, 0.2) is 0 Å². The lowest BCUT2D eigenvalue weighted by molar-refractivity contribution is -0.135. The summed E-state index contributed by atoms with van der Waals surface area (Å²) in [4.78, 5) is 38.7. The highest BCUT2D eigenvalue weighted by atomic mass is 32.1. The van der Waals surface area contributed by atoms with Gasteiger partial charge in [0.05, 0.1) is 5.01 Å². The number of aliphatic carboxylic acids is 1. The lowest BCUT2D eigenvalue weighted by atomic mass is 9.98. The molecule has 3 aromatic rings. The summed E-state index contributed by atoms with van der Waals surface area (Å²) in [6, 6.07) is 16.3. The first-order valence-electron chi connectivity index (χ1n) is 10.1. The summed E-state index contributed by atoms with van der Waals surface area (Å²) in [5.41, 5.74) is 4.80. The summed E-state index contributed by atoms with van der Waals surface area (Å²) in [6.45, 7) is 0.0837. The van der Waals surface area contributed by atoms with Gasteiger partial charge in [0.1, 0.15) is 18.8 Å². The number of rotatable bonds is 8. The molecular weight excluding hydrogens is 430 g/mol. The van der Waals surface area contributed by atoms with Gasteiger partial charge in [0.2, 0.25) is 0 Å². The monoisotopic (exact) mass is 451 g/mol. The Hall–Kier alpha value is -3.72. The summed E-state index contributed by atoms with van der Waals surface area (Å²) >= 11 is 1.27. The van der Waals surface area contributed by atoms with E-state index < -0.39 is 24.5 Å². The fourth-order valence-corrected chi connectivity index (χ4v) is 4.48. The van der Waals surface area contributed by atoms with Gasteiger partial charge in [-0.1, -0.05) is 48.5 Å². The van der Waals surface area contributed by atoms with Crippen molar-refractivity contribution < 1.29 is 24.2 Å². The summed E-state index contributed by atoms with van der Waals surface area (Å²) in [5, 5.41) is 15.8. The quantitative estimate of drug-likeness (QED) is 0.485. The molecule has 4 rings (SSSR count). The minimum absolute atomic E-state index is 0.000939. The molecule has 9 heteroatoms. The van der Waals surface area contributed by atoms with Gasteiger partial charge < -0.3 is 20.5 Å². The Morgan fingerprint density at radius 1 is 1.00 bits per heavy atom. The highest BCUT2D eigenvalue weighted by molar-refractivity contribution is 7.09. The van der Waals surface area contributed by atoms with Crippen molar-refractivity contribution in [3.05, 3.63) is 75.7 Å². The first-order chi connectivity index (χ1) is 15.5. The molecule has 3 N–H and O–H groups in total. The third kappa shape index (κ3) is 4.78. The Bertz CT molecular complexity index is 1110. The lowest BCUT2D eigenvalue weighted by Crippen LogP contribution is -2.29. The highest BCUT2D eigenvalue weighted by Gasteiger charge is 2.28. The number of amides is 2. The van der Waals surface area contributed by atoms with Crippen LogP contribution in [0.1, 0.15) is 32.5 Å². The highest BCUT2D eigenvalue weighted by Crippen LogP contribution is 2.44. The van der Waals surface area contributed by atoms with Crippen molar-refractivity contribution in [1.29, 1.82) is 0 Å². The zero-order chi connectivity index (χ0) is 22.5.